The van der Waals surface area contributed by atoms with Crippen molar-refractivity contribution in [3.05, 3.63) is 64.6 Å². The van der Waals surface area contributed by atoms with Crippen molar-refractivity contribution in [3.63, 3.8) is 0 Å². The second-order valence-electron chi connectivity index (χ2n) is 3.80. The lowest BCUT2D eigenvalue weighted by Gasteiger charge is -2.06. The minimum atomic E-state index is -0.108. The molecule has 18 heavy (non-hydrogen) atoms. The van der Waals surface area contributed by atoms with Gasteiger partial charge in [-0.15, -0.1) is 0 Å². The van der Waals surface area contributed by atoms with Crippen LogP contribution < -0.4 is 16.8 Å². The second kappa shape index (κ2) is 5.29. The van der Waals surface area contributed by atoms with E-state index >= 15 is 0 Å². The number of aromatic nitrogens is 1. The van der Waals surface area contributed by atoms with E-state index in [0.717, 1.165) is 5.69 Å². The Bertz CT molecular complexity index is 616. The molecule has 1 heterocycles. The molecule has 0 amide bonds. The average Bonchev–Trinajstić information content (AvgIpc) is 2.40. The maximum atomic E-state index is 11.6. The lowest BCUT2D eigenvalue weighted by molar-refractivity contribution is 0.857. The highest BCUT2D eigenvalue weighted by Gasteiger charge is 2.03. The maximum absolute atomic E-state index is 11.6. The van der Waals surface area contributed by atoms with Crippen molar-refractivity contribution in [2.75, 3.05) is 0 Å². The van der Waals surface area contributed by atoms with Crippen LogP contribution in [-0.2, 0) is 7.05 Å². The van der Waals surface area contributed by atoms with Gasteiger partial charge in [-0.05, 0) is 18.2 Å². The summed E-state index contributed by atoms with van der Waals surface area (Å²) in [5, 5.41) is 0. The first-order valence-electron chi connectivity index (χ1n) is 5.48. The molecule has 3 N–H and O–H groups in total. The van der Waals surface area contributed by atoms with Gasteiger partial charge in [-0.1, -0.05) is 18.2 Å². The molecule has 2 aromatic rings. The summed E-state index contributed by atoms with van der Waals surface area (Å²) in [6.07, 6.45) is 1.68. The highest BCUT2D eigenvalue weighted by molar-refractivity contribution is 5.99. The van der Waals surface area contributed by atoms with Crippen molar-refractivity contribution >= 4 is 11.5 Å². The molecule has 1 aromatic carbocycles. The van der Waals surface area contributed by atoms with Gasteiger partial charge in [0.05, 0.1) is 5.69 Å². The van der Waals surface area contributed by atoms with E-state index < -0.39 is 0 Å². The summed E-state index contributed by atoms with van der Waals surface area (Å²) >= 11 is 0. The number of rotatable bonds is 2. The highest BCUT2D eigenvalue weighted by Crippen LogP contribution is 2.11. The molecule has 0 spiro atoms. The Morgan fingerprint density at radius 1 is 1.28 bits per heavy atom. The number of nitrogens with zero attached hydrogens (tertiary/aromatic N) is 2. The number of hydrazine groups is 1. The van der Waals surface area contributed by atoms with Crippen LogP contribution in [0, 0.1) is 0 Å². The van der Waals surface area contributed by atoms with Crippen molar-refractivity contribution in [3.8, 4) is 0 Å². The molecule has 0 bridgehead atoms. The minimum Gasteiger partial charge on any atom is -0.319 e. The zero-order chi connectivity index (χ0) is 13.0. The standard InChI is InChI=1S/C13H14N4O/c1-17-8-7-10(9-12(17)18)13(16-14)15-11-5-3-2-4-6-11/h2-9H,14H2,1H3,(H,15,16). The number of pyridine rings is 1. The van der Waals surface area contributed by atoms with Crippen LogP contribution >= 0.6 is 0 Å². The normalized spacial score (nSPS) is 11.3. The monoisotopic (exact) mass is 242 g/mol. The summed E-state index contributed by atoms with van der Waals surface area (Å²) in [6.45, 7) is 0. The van der Waals surface area contributed by atoms with Gasteiger partial charge in [0.2, 0.25) is 0 Å². The van der Waals surface area contributed by atoms with E-state index in [1.807, 2.05) is 30.3 Å². The Labute approximate surface area is 105 Å². The molecule has 0 aliphatic carbocycles. The summed E-state index contributed by atoms with van der Waals surface area (Å²) < 4.78 is 1.49. The first-order chi connectivity index (χ1) is 8.70. The van der Waals surface area contributed by atoms with Gasteiger partial charge in [0, 0.05) is 24.9 Å². The third-order valence-corrected chi connectivity index (χ3v) is 2.51. The molecule has 2 rings (SSSR count). The quantitative estimate of drug-likeness (QED) is 0.356. The lowest BCUT2D eigenvalue weighted by atomic mass is 10.2. The van der Waals surface area contributed by atoms with Crippen LogP contribution in [0.2, 0.25) is 0 Å². The van der Waals surface area contributed by atoms with Gasteiger partial charge in [-0.3, -0.25) is 4.79 Å². The minimum absolute atomic E-state index is 0.108. The SMILES string of the molecule is Cn1ccc(C(=Nc2ccccc2)NN)cc1=O. The van der Waals surface area contributed by atoms with Gasteiger partial charge >= 0.3 is 0 Å². The number of nitrogens with one attached hydrogen (secondary N) is 1. The van der Waals surface area contributed by atoms with Gasteiger partial charge in [0.15, 0.2) is 0 Å². The molecular weight excluding hydrogens is 228 g/mol. The largest absolute Gasteiger partial charge is 0.319 e. The lowest BCUT2D eigenvalue weighted by Crippen LogP contribution is -2.32. The zero-order valence-corrected chi connectivity index (χ0v) is 10.00. The Kier molecular flexibility index (Phi) is 3.54. The molecule has 0 unspecified atom stereocenters. The van der Waals surface area contributed by atoms with Crippen molar-refractivity contribution in [1.29, 1.82) is 0 Å². The van der Waals surface area contributed by atoms with E-state index in [4.69, 9.17) is 5.84 Å². The van der Waals surface area contributed by atoms with E-state index in [0.29, 0.717) is 11.4 Å². The van der Waals surface area contributed by atoms with E-state index in [1.54, 1.807) is 19.3 Å². The van der Waals surface area contributed by atoms with Crippen LogP contribution in [0.15, 0.2) is 58.4 Å². The van der Waals surface area contributed by atoms with Crippen molar-refractivity contribution in [2.24, 2.45) is 17.9 Å². The van der Waals surface area contributed by atoms with Crippen LogP contribution in [-0.4, -0.2) is 10.4 Å². The van der Waals surface area contributed by atoms with E-state index in [9.17, 15) is 4.79 Å². The number of amidine groups is 1. The molecule has 5 heteroatoms. The van der Waals surface area contributed by atoms with Crippen molar-refractivity contribution < 1.29 is 0 Å². The Hall–Kier alpha value is -2.40. The van der Waals surface area contributed by atoms with Crippen LogP contribution in [0.4, 0.5) is 5.69 Å². The average molecular weight is 242 g/mol. The summed E-state index contributed by atoms with van der Waals surface area (Å²) in [5.41, 5.74) is 3.83. The van der Waals surface area contributed by atoms with E-state index in [-0.39, 0.29) is 5.56 Å². The molecular formula is C13H14N4O. The van der Waals surface area contributed by atoms with Crippen molar-refractivity contribution in [2.45, 2.75) is 0 Å². The predicted molar refractivity (Wildman–Crippen MR) is 71.6 cm³/mol. The molecule has 0 atom stereocenters. The van der Waals surface area contributed by atoms with Gasteiger partial charge in [-0.2, -0.15) is 0 Å². The second-order valence-corrected chi connectivity index (χ2v) is 3.80. The molecule has 0 aliphatic rings. The molecule has 92 valence electrons. The van der Waals surface area contributed by atoms with Gasteiger partial charge in [-0.25, -0.2) is 10.8 Å². The van der Waals surface area contributed by atoms with Crippen LogP contribution in [0.5, 0.6) is 0 Å². The topological polar surface area (TPSA) is 72.4 Å². The summed E-state index contributed by atoms with van der Waals surface area (Å²) in [6, 6.07) is 12.7. The molecule has 0 saturated carbocycles. The fourth-order valence-electron chi connectivity index (χ4n) is 1.51. The first kappa shape index (κ1) is 12.1. The van der Waals surface area contributed by atoms with Crippen LogP contribution in [0.3, 0.4) is 0 Å². The molecule has 1 aromatic heterocycles. The highest BCUT2D eigenvalue weighted by atomic mass is 16.1. The molecule has 0 saturated heterocycles. The van der Waals surface area contributed by atoms with Crippen LogP contribution in [0.25, 0.3) is 0 Å². The van der Waals surface area contributed by atoms with E-state index in [1.165, 1.54) is 10.6 Å². The van der Waals surface area contributed by atoms with Gasteiger partial charge in [0.1, 0.15) is 5.84 Å². The Morgan fingerprint density at radius 3 is 2.61 bits per heavy atom. The maximum Gasteiger partial charge on any atom is 0.250 e. The number of hydrogen-bond acceptors (Lipinski definition) is 3. The summed E-state index contributed by atoms with van der Waals surface area (Å²) in [7, 11) is 1.69. The Morgan fingerprint density at radius 2 is 2.00 bits per heavy atom. The Balaban J connectivity index is 2.42. The molecule has 0 fully saturated rings. The summed E-state index contributed by atoms with van der Waals surface area (Å²) in [5.74, 6) is 5.91. The third kappa shape index (κ3) is 2.64. The number of hydrogen-bond donors (Lipinski definition) is 2. The van der Waals surface area contributed by atoms with E-state index in [2.05, 4.69) is 10.4 Å². The number of benzene rings is 1. The number of aliphatic imine (C=N–C) groups is 1. The van der Waals surface area contributed by atoms with Gasteiger partial charge < -0.3 is 9.99 Å². The predicted octanol–water partition coefficient (Wildman–Crippen LogP) is 0.927. The third-order valence-electron chi connectivity index (χ3n) is 2.51. The number of aryl methyl sites for hydroxylation is 1. The smallest absolute Gasteiger partial charge is 0.250 e. The van der Waals surface area contributed by atoms with Crippen molar-refractivity contribution in [1.82, 2.24) is 9.99 Å². The summed E-state index contributed by atoms with van der Waals surface area (Å²) in [4.78, 5) is 15.9. The molecule has 5 nitrogen and oxygen atoms in total. The van der Waals surface area contributed by atoms with Gasteiger partial charge in [0.25, 0.3) is 5.56 Å². The number of nitrogens with two attached hydrogens (primary N) is 1. The zero-order valence-electron chi connectivity index (χ0n) is 10.00. The molecule has 0 radical (unpaired) electrons. The number of para-hydroxylation sites is 1. The molecule has 0 aliphatic heterocycles. The first-order valence-corrected chi connectivity index (χ1v) is 5.48. The fraction of sp³-hybridized carbons (Fsp3) is 0.0769. The van der Waals surface area contributed by atoms with Crippen LogP contribution in [0.1, 0.15) is 5.56 Å². The fourth-order valence-corrected chi connectivity index (χ4v) is 1.51.